The van der Waals surface area contributed by atoms with Crippen molar-refractivity contribution in [3.63, 3.8) is 0 Å². The van der Waals surface area contributed by atoms with Crippen LogP contribution in [0.15, 0.2) is 65.8 Å². The molecule has 0 aliphatic heterocycles. The molecule has 0 fully saturated rings. The van der Waals surface area contributed by atoms with Gasteiger partial charge in [0.1, 0.15) is 0 Å². The number of hydrogen-bond acceptors (Lipinski definition) is 5. The Balaban J connectivity index is 1.69. The van der Waals surface area contributed by atoms with Crippen molar-refractivity contribution in [1.82, 2.24) is 9.97 Å². The van der Waals surface area contributed by atoms with E-state index in [0.717, 1.165) is 26.9 Å². The summed E-state index contributed by atoms with van der Waals surface area (Å²) in [4.78, 5) is 25.2. The van der Waals surface area contributed by atoms with E-state index in [1.165, 1.54) is 16.2 Å². The molecule has 2 aromatic carbocycles. The lowest BCUT2D eigenvalue weighted by Gasteiger charge is -2.20. The van der Waals surface area contributed by atoms with E-state index in [-0.39, 0.29) is 5.91 Å². The van der Waals surface area contributed by atoms with E-state index in [1.807, 2.05) is 61.7 Å². The topological polar surface area (TPSA) is 46.1 Å². The number of aryl methyl sites for hydroxylation is 1. The number of thioether (sulfide) groups is 1. The molecule has 0 spiro atoms. The van der Waals surface area contributed by atoms with Crippen molar-refractivity contribution >= 4 is 56.0 Å². The molecule has 0 radical (unpaired) electrons. The average molecular weight is 454 g/mol. The maximum Gasteiger partial charge on any atom is 0.233 e. The van der Waals surface area contributed by atoms with Crippen LogP contribution in [0, 0.1) is 6.92 Å². The van der Waals surface area contributed by atoms with Crippen LogP contribution >= 0.6 is 34.7 Å². The van der Waals surface area contributed by atoms with Crippen LogP contribution in [0.25, 0.3) is 10.2 Å². The van der Waals surface area contributed by atoms with Gasteiger partial charge in [-0.15, -0.1) is 11.8 Å². The van der Waals surface area contributed by atoms with E-state index in [0.29, 0.717) is 23.1 Å². The first-order chi connectivity index (χ1) is 14.5. The molecule has 4 aromatic rings. The van der Waals surface area contributed by atoms with Gasteiger partial charge >= 0.3 is 0 Å². The summed E-state index contributed by atoms with van der Waals surface area (Å²) in [5.74, 6) is -0.0106. The molecule has 0 aliphatic rings. The molecular weight excluding hydrogens is 434 g/mol. The molecule has 2 heterocycles. The number of carbonyl (C=O) groups excluding carboxylic acids is 1. The summed E-state index contributed by atoms with van der Waals surface area (Å²) >= 11 is 9.53. The molecule has 0 N–H and O–H groups in total. The van der Waals surface area contributed by atoms with Gasteiger partial charge in [0.2, 0.25) is 5.91 Å². The van der Waals surface area contributed by atoms with Gasteiger partial charge in [-0.25, -0.2) is 4.98 Å². The van der Waals surface area contributed by atoms with Crippen LogP contribution in [0.5, 0.6) is 0 Å². The number of anilines is 1. The van der Waals surface area contributed by atoms with E-state index in [4.69, 9.17) is 16.6 Å². The molecule has 4 rings (SSSR count). The highest BCUT2D eigenvalue weighted by Gasteiger charge is 2.22. The Hall–Kier alpha value is -2.41. The molecule has 7 heteroatoms. The molecule has 0 bridgehead atoms. The Bertz CT molecular complexity index is 1140. The molecule has 0 atom stereocenters. The molecule has 30 heavy (non-hydrogen) atoms. The van der Waals surface area contributed by atoms with E-state index >= 15 is 0 Å². The number of rotatable bonds is 6. The summed E-state index contributed by atoms with van der Waals surface area (Å²) in [5.41, 5.74) is 3.81. The standard InChI is InChI=1S/C23H20ClN3OS2/c1-15-5-10-19(24)22-21(15)26-23(30-22)27(14-17-4-3-11-25-13-17)20(28)12-16-6-8-18(29-2)9-7-16/h3-11,13H,12,14H2,1-2H3. The minimum atomic E-state index is -0.0106. The molecular formula is C23H20ClN3OS2. The van der Waals surface area contributed by atoms with Crippen molar-refractivity contribution in [3.8, 4) is 0 Å². The number of aromatic nitrogens is 2. The number of fused-ring (bicyclic) bond motifs is 1. The monoisotopic (exact) mass is 453 g/mol. The number of hydrogen-bond donors (Lipinski definition) is 0. The highest BCUT2D eigenvalue weighted by molar-refractivity contribution is 7.98. The minimum Gasteiger partial charge on any atom is -0.283 e. The van der Waals surface area contributed by atoms with Crippen molar-refractivity contribution in [2.24, 2.45) is 0 Å². The highest BCUT2D eigenvalue weighted by atomic mass is 35.5. The minimum absolute atomic E-state index is 0.0106. The number of benzene rings is 2. The van der Waals surface area contributed by atoms with Crippen LogP contribution in [0.4, 0.5) is 5.13 Å². The Labute approximate surface area is 188 Å². The molecule has 152 valence electrons. The van der Waals surface area contributed by atoms with E-state index in [9.17, 15) is 4.79 Å². The fraction of sp³-hybridized carbons (Fsp3) is 0.174. The zero-order valence-electron chi connectivity index (χ0n) is 16.6. The highest BCUT2D eigenvalue weighted by Crippen LogP contribution is 2.36. The van der Waals surface area contributed by atoms with Gasteiger partial charge in [0.05, 0.1) is 28.2 Å². The second-order valence-electron chi connectivity index (χ2n) is 6.90. The van der Waals surface area contributed by atoms with Crippen LogP contribution in [-0.2, 0) is 17.8 Å². The summed E-state index contributed by atoms with van der Waals surface area (Å²) in [6, 6.07) is 15.8. The zero-order chi connectivity index (χ0) is 21.1. The molecule has 4 nitrogen and oxygen atoms in total. The second kappa shape index (κ2) is 9.16. The molecule has 0 saturated carbocycles. The average Bonchev–Trinajstić information content (AvgIpc) is 3.22. The number of halogens is 1. The van der Waals surface area contributed by atoms with E-state index < -0.39 is 0 Å². The lowest BCUT2D eigenvalue weighted by molar-refractivity contribution is -0.118. The summed E-state index contributed by atoms with van der Waals surface area (Å²) < 4.78 is 0.903. The maximum absolute atomic E-state index is 13.4. The lowest BCUT2D eigenvalue weighted by Crippen LogP contribution is -2.31. The lowest BCUT2D eigenvalue weighted by atomic mass is 10.1. The van der Waals surface area contributed by atoms with Gasteiger partial charge < -0.3 is 0 Å². The number of pyridine rings is 1. The first-order valence-electron chi connectivity index (χ1n) is 9.43. The van der Waals surface area contributed by atoms with Crippen molar-refractivity contribution < 1.29 is 4.79 Å². The van der Waals surface area contributed by atoms with Gasteiger partial charge in [0.15, 0.2) is 5.13 Å². The Kier molecular flexibility index (Phi) is 6.37. The van der Waals surface area contributed by atoms with E-state index in [2.05, 4.69) is 4.98 Å². The van der Waals surface area contributed by atoms with Crippen LogP contribution in [0.2, 0.25) is 5.02 Å². The second-order valence-corrected chi connectivity index (χ2v) is 9.17. The van der Waals surface area contributed by atoms with Crippen LogP contribution < -0.4 is 4.90 Å². The van der Waals surface area contributed by atoms with E-state index in [1.54, 1.807) is 29.1 Å². The van der Waals surface area contributed by atoms with Crippen LogP contribution in [0.1, 0.15) is 16.7 Å². The third-order valence-corrected chi connectivity index (χ3v) is 7.08. The Morgan fingerprint density at radius 2 is 1.93 bits per heavy atom. The largest absolute Gasteiger partial charge is 0.283 e. The number of carbonyl (C=O) groups is 1. The predicted molar refractivity (Wildman–Crippen MR) is 127 cm³/mol. The summed E-state index contributed by atoms with van der Waals surface area (Å²) in [6.45, 7) is 2.41. The molecule has 0 aliphatic carbocycles. The predicted octanol–water partition coefficient (Wildman–Crippen LogP) is 6.15. The molecule has 1 amide bonds. The fourth-order valence-corrected chi connectivity index (χ4v) is 4.90. The fourth-order valence-electron chi connectivity index (χ4n) is 3.16. The van der Waals surface area contributed by atoms with Gasteiger partial charge in [-0.1, -0.05) is 47.2 Å². The Morgan fingerprint density at radius 3 is 2.60 bits per heavy atom. The van der Waals surface area contributed by atoms with Crippen LogP contribution in [0.3, 0.4) is 0 Å². The zero-order valence-corrected chi connectivity index (χ0v) is 19.0. The summed E-state index contributed by atoms with van der Waals surface area (Å²) in [7, 11) is 0. The quantitative estimate of drug-likeness (QED) is 0.328. The van der Waals surface area contributed by atoms with Gasteiger partial charge in [-0.05, 0) is 54.1 Å². The van der Waals surface area contributed by atoms with Crippen molar-refractivity contribution in [3.05, 3.63) is 82.6 Å². The first-order valence-corrected chi connectivity index (χ1v) is 11.8. The molecule has 2 aromatic heterocycles. The smallest absolute Gasteiger partial charge is 0.233 e. The SMILES string of the molecule is CSc1ccc(CC(=O)N(Cc2cccnc2)c2nc3c(C)ccc(Cl)c3s2)cc1. The first kappa shape index (κ1) is 20.8. The normalized spacial score (nSPS) is 11.0. The van der Waals surface area contributed by atoms with Gasteiger partial charge in [0.25, 0.3) is 0 Å². The van der Waals surface area contributed by atoms with Gasteiger partial charge in [-0.3, -0.25) is 14.7 Å². The third-order valence-electron chi connectivity index (χ3n) is 4.80. The third kappa shape index (κ3) is 4.51. The molecule has 0 unspecified atom stereocenters. The number of amides is 1. The summed E-state index contributed by atoms with van der Waals surface area (Å²) in [5, 5.41) is 1.30. The number of thiazole rings is 1. The summed E-state index contributed by atoms with van der Waals surface area (Å²) in [6.07, 6.45) is 5.84. The van der Waals surface area contributed by atoms with Crippen molar-refractivity contribution in [2.45, 2.75) is 24.8 Å². The maximum atomic E-state index is 13.4. The Morgan fingerprint density at radius 1 is 1.13 bits per heavy atom. The van der Waals surface area contributed by atoms with Gasteiger partial charge in [-0.2, -0.15) is 0 Å². The van der Waals surface area contributed by atoms with Gasteiger partial charge in [0, 0.05) is 17.3 Å². The van der Waals surface area contributed by atoms with Crippen molar-refractivity contribution in [2.75, 3.05) is 11.2 Å². The van der Waals surface area contributed by atoms with Crippen LogP contribution in [-0.4, -0.2) is 22.1 Å². The van der Waals surface area contributed by atoms with Crippen molar-refractivity contribution in [1.29, 1.82) is 0 Å². The number of nitrogens with zero attached hydrogens (tertiary/aromatic N) is 3. The molecule has 0 saturated heterocycles.